The maximum absolute atomic E-state index is 14.8. The van der Waals surface area contributed by atoms with E-state index in [1.54, 1.807) is 104 Å². The predicted molar refractivity (Wildman–Crippen MR) is 165 cm³/mol. The summed E-state index contributed by atoms with van der Waals surface area (Å²) in [4.78, 5) is 29.2. The number of benzene rings is 4. The van der Waals surface area contributed by atoms with Crippen LogP contribution < -0.4 is 9.47 Å². The number of methoxy groups -OCH3 is 2. The summed E-state index contributed by atoms with van der Waals surface area (Å²) in [5.74, 6) is -3.45. The molecule has 0 aliphatic heterocycles. The number of nitriles is 1. The Morgan fingerprint density at radius 1 is 0.841 bits per heavy atom. The van der Waals surface area contributed by atoms with Gasteiger partial charge in [0.1, 0.15) is 17.1 Å². The van der Waals surface area contributed by atoms with Crippen LogP contribution in [0.4, 0.5) is 0 Å². The normalized spacial score (nSPS) is 24.5. The van der Waals surface area contributed by atoms with Gasteiger partial charge >= 0.3 is 5.97 Å². The summed E-state index contributed by atoms with van der Waals surface area (Å²) >= 11 is 0. The molecular formula is C37H35NO6. The number of nitrogens with zero attached hydrogens (tertiary/aromatic N) is 1. The Bertz CT molecular complexity index is 1670. The molecule has 0 aromatic heterocycles. The Hall–Kier alpha value is -4.93. The summed E-state index contributed by atoms with van der Waals surface area (Å²) < 4.78 is 16.8. The molecule has 4 aromatic rings. The lowest BCUT2D eigenvalue weighted by atomic mass is 9.47. The van der Waals surface area contributed by atoms with Crippen LogP contribution in [0.2, 0.25) is 0 Å². The van der Waals surface area contributed by atoms with Gasteiger partial charge in [0.05, 0.1) is 32.8 Å². The van der Waals surface area contributed by atoms with Crippen LogP contribution in [0.5, 0.6) is 11.5 Å². The largest absolute Gasteiger partial charge is 0.497 e. The molecule has 1 N–H and O–H groups in total. The standard InChI is InChI=1S/C37H35NO6/c1-4-44-35(40)36(24-38)31(26-15-11-19-29(21-26)42-2)23-37(41,28-17-9-6-10-18-28)33(34(39)25-13-7-5-8-14-25)32(36)27-16-12-20-30(22-27)43-3/h5-22,31-33,41H,4,23H2,1-3H3/t31-,32-,33-,36+,37-/m0/s1. The number of ether oxygens (including phenoxy) is 3. The molecule has 0 radical (unpaired) electrons. The van der Waals surface area contributed by atoms with Crippen LogP contribution in [0.15, 0.2) is 109 Å². The van der Waals surface area contributed by atoms with E-state index < -0.39 is 40.5 Å². The Morgan fingerprint density at radius 2 is 1.41 bits per heavy atom. The van der Waals surface area contributed by atoms with Crippen molar-refractivity contribution < 1.29 is 28.9 Å². The van der Waals surface area contributed by atoms with E-state index in [1.165, 1.54) is 14.2 Å². The van der Waals surface area contributed by atoms with Crippen LogP contribution in [-0.4, -0.2) is 37.7 Å². The molecular weight excluding hydrogens is 554 g/mol. The predicted octanol–water partition coefficient (Wildman–Crippen LogP) is 6.43. The van der Waals surface area contributed by atoms with Crippen molar-refractivity contribution in [3.05, 3.63) is 131 Å². The minimum absolute atomic E-state index is 0.0260. The van der Waals surface area contributed by atoms with Crippen molar-refractivity contribution in [2.24, 2.45) is 11.3 Å². The number of esters is 1. The number of ketones is 1. The van der Waals surface area contributed by atoms with Gasteiger partial charge < -0.3 is 19.3 Å². The molecule has 7 heteroatoms. The van der Waals surface area contributed by atoms with E-state index in [1.807, 2.05) is 12.1 Å². The van der Waals surface area contributed by atoms with E-state index >= 15 is 0 Å². The second-order valence-corrected chi connectivity index (χ2v) is 11.0. The average molecular weight is 590 g/mol. The van der Waals surface area contributed by atoms with Crippen LogP contribution in [0.3, 0.4) is 0 Å². The zero-order chi connectivity index (χ0) is 31.3. The lowest BCUT2D eigenvalue weighted by Gasteiger charge is -2.54. The number of rotatable bonds is 9. The Morgan fingerprint density at radius 3 is 1.98 bits per heavy atom. The second kappa shape index (κ2) is 12.7. The molecule has 44 heavy (non-hydrogen) atoms. The molecule has 1 fully saturated rings. The fourth-order valence-corrected chi connectivity index (χ4v) is 6.77. The quantitative estimate of drug-likeness (QED) is 0.177. The van der Waals surface area contributed by atoms with E-state index in [-0.39, 0.29) is 13.0 Å². The summed E-state index contributed by atoms with van der Waals surface area (Å²) in [6.07, 6.45) is -0.111. The molecule has 224 valence electrons. The van der Waals surface area contributed by atoms with Crippen molar-refractivity contribution >= 4 is 11.8 Å². The maximum atomic E-state index is 14.8. The number of aliphatic hydroxyl groups is 1. The fourth-order valence-electron chi connectivity index (χ4n) is 6.77. The van der Waals surface area contributed by atoms with Gasteiger partial charge in [0.15, 0.2) is 11.2 Å². The van der Waals surface area contributed by atoms with Gasteiger partial charge in [0, 0.05) is 17.4 Å². The minimum Gasteiger partial charge on any atom is -0.497 e. The number of hydrogen-bond acceptors (Lipinski definition) is 7. The molecule has 0 unspecified atom stereocenters. The monoisotopic (exact) mass is 589 g/mol. The second-order valence-electron chi connectivity index (χ2n) is 11.0. The summed E-state index contributed by atoms with van der Waals surface area (Å²) in [6.45, 7) is 1.71. The number of carbonyl (C=O) groups is 2. The summed E-state index contributed by atoms with van der Waals surface area (Å²) in [6, 6.07) is 34.2. The topological polar surface area (TPSA) is 106 Å². The zero-order valence-corrected chi connectivity index (χ0v) is 25.0. The third kappa shape index (κ3) is 5.23. The molecule has 0 saturated heterocycles. The third-order valence-electron chi connectivity index (χ3n) is 8.77. The Labute approximate surface area is 257 Å². The van der Waals surface area contributed by atoms with Crippen LogP contribution in [-0.2, 0) is 15.1 Å². The molecule has 1 aliphatic rings. The Balaban J connectivity index is 1.91. The van der Waals surface area contributed by atoms with Crippen molar-refractivity contribution in [3.63, 3.8) is 0 Å². The number of hydrogen-bond donors (Lipinski definition) is 1. The molecule has 5 atom stereocenters. The first kappa shape index (κ1) is 30.5. The van der Waals surface area contributed by atoms with Crippen molar-refractivity contribution in [2.75, 3.05) is 20.8 Å². The van der Waals surface area contributed by atoms with Gasteiger partial charge in [-0.15, -0.1) is 0 Å². The van der Waals surface area contributed by atoms with E-state index in [0.29, 0.717) is 33.8 Å². The van der Waals surface area contributed by atoms with E-state index in [4.69, 9.17) is 14.2 Å². The first-order valence-corrected chi connectivity index (χ1v) is 14.6. The van der Waals surface area contributed by atoms with E-state index in [2.05, 4.69) is 6.07 Å². The summed E-state index contributed by atoms with van der Waals surface area (Å²) in [5, 5.41) is 24.3. The average Bonchev–Trinajstić information content (AvgIpc) is 3.08. The molecule has 1 saturated carbocycles. The molecule has 5 rings (SSSR count). The maximum Gasteiger partial charge on any atom is 0.327 e. The highest BCUT2D eigenvalue weighted by atomic mass is 16.5. The van der Waals surface area contributed by atoms with Gasteiger partial charge in [-0.2, -0.15) is 5.26 Å². The van der Waals surface area contributed by atoms with Gasteiger partial charge in [-0.05, 0) is 54.3 Å². The SMILES string of the molecule is CCOC(=O)[C@]1(C#N)[C@H](c2cccc(OC)c2)C[C@](O)(c2ccccc2)[C@H](C(=O)c2ccccc2)[C@@H]1c1cccc(OC)c1. The molecule has 1 aliphatic carbocycles. The molecule has 0 spiro atoms. The fraction of sp³-hybridized carbons (Fsp3) is 0.270. The van der Waals surface area contributed by atoms with Gasteiger partial charge in [0.25, 0.3) is 0 Å². The minimum atomic E-state index is -1.93. The van der Waals surface area contributed by atoms with Crippen molar-refractivity contribution in [3.8, 4) is 17.6 Å². The van der Waals surface area contributed by atoms with Gasteiger partial charge in [-0.3, -0.25) is 9.59 Å². The molecule has 0 heterocycles. The summed E-state index contributed by atoms with van der Waals surface area (Å²) in [5.41, 5.74) is -1.77. The first-order chi connectivity index (χ1) is 21.3. The van der Waals surface area contributed by atoms with E-state index in [9.17, 15) is 20.0 Å². The van der Waals surface area contributed by atoms with Crippen LogP contribution in [0.1, 0.15) is 52.2 Å². The van der Waals surface area contributed by atoms with Crippen molar-refractivity contribution in [1.82, 2.24) is 0 Å². The van der Waals surface area contributed by atoms with Crippen LogP contribution in [0, 0.1) is 22.7 Å². The molecule has 0 bridgehead atoms. The number of carbonyl (C=O) groups excluding carboxylic acids is 2. The lowest BCUT2D eigenvalue weighted by molar-refractivity contribution is -0.164. The molecule has 0 amide bonds. The smallest absolute Gasteiger partial charge is 0.327 e. The number of Topliss-reactive ketones (excluding diaryl/α,β-unsaturated/α-hetero) is 1. The summed E-state index contributed by atoms with van der Waals surface area (Å²) in [7, 11) is 3.06. The highest BCUT2D eigenvalue weighted by Crippen LogP contribution is 2.64. The lowest BCUT2D eigenvalue weighted by Crippen LogP contribution is -2.59. The van der Waals surface area contributed by atoms with Crippen molar-refractivity contribution in [2.45, 2.75) is 30.8 Å². The first-order valence-electron chi connectivity index (χ1n) is 14.6. The van der Waals surface area contributed by atoms with Gasteiger partial charge in [-0.25, -0.2) is 0 Å². The molecule has 4 aromatic carbocycles. The Kier molecular flexibility index (Phi) is 8.84. The van der Waals surface area contributed by atoms with Crippen LogP contribution in [0.25, 0.3) is 0 Å². The van der Waals surface area contributed by atoms with Gasteiger partial charge in [-0.1, -0.05) is 84.9 Å². The van der Waals surface area contributed by atoms with E-state index in [0.717, 1.165) is 0 Å². The van der Waals surface area contributed by atoms with Crippen molar-refractivity contribution in [1.29, 1.82) is 5.26 Å². The zero-order valence-electron chi connectivity index (χ0n) is 25.0. The van der Waals surface area contributed by atoms with Gasteiger partial charge in [0.2, 0.25) is 0 Å². The highest BCUT2D eigenvalue weighted by Gasteiger charge is 2.67. The third-order valence-corrected chi connectivity index (χ3v) is 8.77. The molecule has 7 nitrogen and oxygen atoms in total. The highest BCUT2D eigenvalue weighted by molar-refractivity contribution is 6.00. The van der Waals surface area contributed by atoms with Crippen LogP contribution >= 0.6 is 0 Å².